The van der Waals surface area contributed by atoms with Gasteiger partial charge in [0.25, 0.3) is 0 Å². The monoisotopic (exact) mass is 264 g/mol. The molecular formula is C14H17ClN2O. The Morgan fingerprint density at radius 3 is 2.94 bits per heavy atom. The molecular weight excluding hydrogens is 248 g/mol. The Kier molecular flexibility index (Phi) is 4.37. The molecule has 0 saturated heterocycles. The SMILES string of the molecule is CCCC(Cl)c1noc(Cc2cccc(C)c2)n1. The first kappa shape index (κ1) is 13.1. The lowest BCUT2D eigenvalue weighted by Crippen LogP contribution is -1.94. The number of halogens is 1. The Balaban J connectivity index is 2.06. The topological polar surface area (TPSA) is 38.9 Å². The van der Waals surface area contributed by atoms with Crippen LogP contribution in [0.2, 0.25) is 0 Å². The van der Waals surface area contributed by atoms with E-state index >= 15 is 0 Å². The van der Waals surface area contributed by atoms with Gasteiger partial charge >= 0.3 is 0 Å². The summed E-state index contributed by atoms with van der Waals surface area (Å²) in [5.41, 5.74) is 2.40. The molecule has 3 nitrogen and oxygen atoms in total. The number of alkyl halides is 1. The van der Waals surface area contributed by atoms with Gasteiger partial charge in [-0.05, 0) is 18.9 Å². The standard InChI is InChI=1S/C14H17ClN2O/c1-3-5-12(15)14-16-13(18-17-14)9-11-7-4-6-10(2)8-11/h4,6-8,12H,3,5,9H2,1-2H3. The van der Waals surface area contributed by atoms with Gasteiger partial charge in [0.1, 0.15) is 0 Å². The average molecular weight is 265 g/mol. The van der Waals surface area contributed by atoms with E-state index in [1.165, 1.54) is 11.1 Å². The van der Waals surface area contributed by atoms with Crippen LogP contribution in [0.5, 0.6) is 0 Å². The molecule has 1 unspecified atom stereocenters. The molecule has 1 heterocycles. The minimum atomic E-state index is -0.148. The predicted octanol–water partition coefficient (Wildman–Crippen LogP) is 4.05. The van der Waals surface area contributed by atoms with E-state index in [1.54, 1.807) is 0 Å². The Hall–Kier alpha value is -1.35. The highest BCUT2D eigenvalue weighted by Crippen LogP contribution is 2.23. The third-order valence-corrected chi connectivity index (χ3v) is 3.16. The maximum absolute atomic E-state index is 6.16. The molecule has 0 saturated carbocycles. The van der Waals surface area contributed by atoms with Crippen LogP contribution in [0.1, 0.15) is 48.0 Å². The van der Waals surface area contributed by atoms with Gasteiger partial charge in [0.2, 0.25) is 5.89 Å². The van der Waals surface area contributed by atoms with Crippen molar-refractivity contribution in [3.05, 3.63) is 47.1 Å². The molecule has 1 aromatic carbocycles. The van der Waals surface area contributed by atoms with E-state index in [-0.39, 0.29) is 5.38 Å². The van der Waals surface area contributed by atoms with Gasteiger partial charge in [0, 0.05) is 0 Å². The van der Waals surface area contributed by atoms with Crippen LogP contribution in [0.15, 0.2) is 28.8 Å². The molecule has 0 aliphatic carbocycles. The number of aromatic nitrogens is 2. The Labute approximate surface area is 112 Å². The number of hydrogen-bond donors (Lipinski definition) is 0. The van der Waals surface area contributed by atoms with Crippen molar-refractivity contribution in [3.8, 4) is 0 Å². The van der Waals surface area contributed by atoms with Gasteiger partial charge in [0.05, 0.1) is 11.8 Å². The van der Waals surface area contributed by atoms with E-state index < -0.39 is 0 Å². The van der Waals surface area contributed by atoms with Crippen molar-refractivity contribution < 1.29 is 4.52 Å². The average Bonchev–Trinajstić information content (AvgIpc) is 2.78. The first-order chi connectivity index (χ1) is 8.69. The molecule has 0 bridgehead atoms. The molecule has 96 valence electrons. The number of hydrogen-bond acceptors (Lipinski definition) is 3. The largest absolute Gasteiger partial charge is 0.339 e. The third-order valence-electron chi connectivity index (χ3n) is 2.74. The van der Waals surface area contributed by atoms with Gasteiger partial charge in [-0.3, -0.25) is 0 Å². The van der Waals surface area contributed by atoms with Crippen molar-refractivity contribution in [2.45, 2.75) is 38.5 Å². The number of benzene rings is 1. The van der Waals surface area contributed by atoms with Crippen molar-refractivity contribution in [3.63, 3.8) is 0 Å². The molecule has 2 aromatic rings. The summed E-state index contributed by atoms with van der Waals surface area (Å²) in [5.74, 6) is 1.22. The second-order valence-electron chi connectivity index (χ2n) is 4.47. The zero-order valence-corrected chi connectivity index (χ0v) is 11.4. The smallest absolute Gasteiger partial charge is 0.231 e. The molecule has 0 aliphatic heterocycles. The summed E-state index contributed by atoms with van der Waals surface area (Å²) in [7, 11) is 0. The Bertz CT molecular complexity index is 510. The summed E-state index contributed by atoms with van der Waals surface area (Å²) in [4.78, 5) is 4.34. The molecule has 1 atom stereocenters. The van der Waals surface area contributed by atoms with Crippen molar-refractivity contribution in [2.24, 2.45) is 0 Å². The van der Waals surface area contributed by atoms with Gasteiger partial charge in [-0.1, -0.05) is 48.3 Å². The summed E-state index contributed by atoms with van der Waals surface area (Å²) >= 11 is 6.16. The fraction of sp³-hybridized carbons (Fsp3) is 0.429. The zero-order valence-electron chi connectivity index (χ0n) is 10.7. The van der Waals surface area contributed by atoms with Crippen molar-refractivity contribution in [2.75, 3.05) is 0 Å². The van der Waals surface area contributed by atoms with E-state index in [9.17, 15) is 0 Å². The van der Waals surface area contributed by atoms with Gasteiger partial charge < -0.3 is 4.52 Å². The summed E-state index contributed by atoms with van der Waals surface area (Å²) in [6.07, 6.45) is 2.53. The van der Waals surface area contributed by atoms with Crippen LogP contribution >= 0.6 is 11.6 Å². The lowest BCUT2D eigenvalue weighted by atomic mass is 10.1. The van der Waals surface area contributed by atoms with E-state index in [1.807, 2.05) is 6.07 Å². The van der Waals surface area contributed by atoms with Gasteiger partial charge in [-0.15, -0.1) is 11.6 Å². The molecule has 2 rings (SSSR count). The molecule has 4 heteroatoms. The predicted molar refractivity (Wildman–Crippen MR) is 71.8 cm³/mol. The molecule has 0 N–H and O–H groups in total. The van der Waals surface area contributed by atoms with Crippen LogP contribution in [-0.4, -0.2) is 10.1 Å². The molecule has 0 fully saturated rings. The second kappa shape index (κ2) is 6.01. The highest BCUT2D eigenvalue weighted by atomic mass is 35.5. The summed E-state index contributed by atoms with van der Waals surface area (Å²) < 4.78 is 5.23. The van der Waals surface area contributed by atoms with Crippen molar-refractivity contribution >= 4 is 11.6 Å². The summed E-state index contributed by atoms with van der Waals surface area (Å²) in [6.45, 7) is 4.15. The zero-order chi connectivity index (χ0) is 13.0. The number of rotatable bonds is 5. The highest BCUT2D eigenvalue weighted by molar-refractivity contribution is 6.20. The lowest BCUT2D eigenvalue weighted by molar-refractivity contribution is 0.378. The first-order valence-corrected chi connectivity index (χ1v) is 6.64. The van der Waals surface area contributed by atoms with E-state index in [0.29, 0.717) is 18.1 Å². The van der Waals surface area contributed by atoms with Crippen molar-refractivity contribution in [1.82, 2.24) is 10.1 Å². The minimum Gasteiger partial charge on any atom is -0.339 e. The summed E-state index contributed by atoms with van der Waals surface area (Å²) in [6, 6.07) is 8.28. The Morgan fingerprint density at radius 1 is 1.39 bits per heavy atom. The van der Waals surface area contributed by atoms with E-state index in [0.717, 1.165) is 12.8 Å². The van der Waals surface area contributed by atoms with Crippen molar-refractivity contribution in [1.29, 1.82) is 0 Å². The normalized spacial score (nSPS) is 12.6. The number of nitrogens with zero attached hydrogens (tertiary/aromatic N) is 2. The van der Waals surface area contributed by atoms with Gasteiger partial charge in [-0.25, -0.2) is 0 Å². The van der Waals surface area contributed by atoms with Crippen LogP contribution in [0.25, 0.3) is 0 Å². The quantitative estimate of drug-likeness (QED) is 0.765. The van der Waals surface area contributed by atoms with E-state index in [4.69, 9.17) is 16.1 Å². The lowest BCUT2D eigenvalue weighted by Gasteiger charge is -2.00. The van der Waals surface area contributed by atoms with Gasteiger partial charge in [0.15, 0.2) is 5.82 Å². The molecule has 0 amide bonds. The molecule has 18 heavy (non-hydrogen) atoms. The number of aryl methyl sites for hydroxylation is 1. The second-order valence-corrected chi connectivity index (χ2v) is 5.00. The first-order valence-electron chi connectivity index (χ1n) is 6.21. The maximum Gasteiger partial charge on any atom is 0.231 e. The van der Waals surface area contributed by atoms with Crippen LogP contribution < -0.4 is 0 Å². The third kappa shape index (κ3) is 3.33. The maximum atomic E-state index is 6.16. The molecule has 0 aliphatic rings. The highest BCUT2D eigenvalue weighted by Gasteiger charge is 2.14. The van der Waals surface area contributed by atoms with Crippen LogP contribution in [0.3, 0.4) is 0 Å². The summed E-state index contributed by atoms with van der Waals surface area (Å²) in [5, 5.41) is 3.79. The van der Waals surface area contributed by atoms with Crippen LogP contribution in [0.4, 0.5) is 0 Å². The van der Waals surface area contributed by atoms with Crippen LogP contribution in [0, 0.1) is 6.92 Å². The molecule has 1 aromatic heterocycles. The van der Waals surface area contributed by atoms with E-state index in [2.05, 4.69) is 42.2 Å². The Morgan fingerprint density at radius 2 is 2.22 bits per heavy atom. The van der Waals surface area contributed by atoms with Gasteiger partial charge in [-0.2, -0.15) is 4.98 Å². The molecule has 0 radical (unpaired) electrons. The van der Waals surface area contributed by atoms with Crippen LogP contribution in [-0.2, 0) is 6.42 Å². The fourth-order valence-electron chi connectivity index (χ4n) is 1.85. The fourth-order valence-corrected chi connectivity index (χ4v) is 2.15. The molecule has 0 spiro atoms. The minimum absolute atomic E-state index is 0.148.